The molecule has 0 aliphatic heterocycles. The molecule has 0 aromatic heterocycles. The highest BCUT2D eigenvalue weighted by atomic mass is 28.4. The van der Waals surface area contributed by atoms with E-state index in [1.54, 1.807) is 0 Å². The number of hydrogen-bond donors (Lipinski definition) is 2. The molecule has 0 bridgehead atoms. The van der Waals surface area contributed by atoms with Gasteiger partial charge in [-0.05, 0) is 52.3 Å². The summed E-state index contributed by atoms with van der Waals surface area (Å²) in [7, 11) is -2.68. The molecule has 2 atom stereocenters. The molecular weight excluding hydrogens is 344 g/mol. The van der Waals surface area contributed by atoms with Crippen LogP contribution in [0.4, 0.5) is 0 Å². The zero-order valence-electron chi connectivity index (χ0n) is 16.6. The maximum Gasteiger partial charge on any atom is 0.501 e. The molecule has 1 aromatic rings. The van der Waals surface area contributed by atoms with Crippen LogP contribution in [-0.4, -0.2) is 41.2 Å². The first kappa shape index (κ1) is 23.0. The number of hydrogen-bond acceptors (Lipinski definition) is 5. The molecule has 0 spiro atoms. The van der Waals surface area contributed by atoms with Gasteiger partial charge in [0.05, 0.1) is 6.04 Å². The van der Waals surface area contributed by atoms with Crippen LogP contribution in [0.1, 0.15) is 45.2 Å². The van der Waals surface area contributed by atoms with Crippen molar-refractivity contribution in [1.82, 2.24) is 5.32 Å². The maximum absolute atomic E-state index is 6.24. The lowest BCUT2D eigenvalue weighted by molar-refractivity contribution is 0.0360. The minimum atomic E-state index is -2.68. The number of nitrogens with two attached hydrogens (primary N) is 1. The van der Waals surface area contributed by atoms with E-state index in [1.807, 2.05) is 45.0 Å². The number of benzene rings is 1. The Morgan fingerprint density at radius 1 is 1.19 bits per heavy atom. The smallest absolute Gasteiger partial charge is 0.374 e. The van der Waals surface area contributed by atoms with Crippen LogP contribution in [0.5, 0.6) is 0 Å². The first-order valence-corrected chi connectivity index (χ1v) is 11.6. The van der Waals surface area contributed by atoms with E-state index in [9.17, 15) is 0 Å². The van der Waals surface area contributed by atoms with Crippen molar-refractivity contribution < 1.29 is 13.3 Å². The van der Waals surface area contributed by atoms with Crippen molar-refractivity contribution in [3.8, 4) is 0 Å². The second-order valence-electron chi connectivity index (χ2n) is 6.24. The summed E-state index contributed by atoms with van der Waals surface area (Å²) in [6.45, 7) is 12.6. The molecule has 5 nitrogen and oxygen atoms in total. The van der Waals surface area contributed by atoms with E-state index in [4.69, 9.17) is 19.0 Å². The molecule has 0 amide bonds. The van der Waals surface area contributed by atoms with Crippen LogP contribution in [0.3, 0.4) is 0 Å². The molecule has 3 N–H and O–H groups in total. The SMILES string of the molecule is C=CC(NCCC[Si](OCC)(OCC)OC(C)CCN)c1ccccc1. The third-order valence-corrected chi connectivity index (χ3v) is 7.29. The largest absolute Gasteiger partial charge is 0.501 e. The minimum Gasteiger partial charge on any atom is -0.374 e. The molecule has 0 heterocycles. The predicted molar refractivity (Wildman–Crippen MR) is 110 cm³/mol. The molecule has 1 rings (SSSR count). The average molecular weight is 381 g/mol. The highest BCUT2D eigenvalue weighted by Gasteiger charge is 2.41. The number of nitrogens with one attached hydrogen (secondary N) is 1. The van der Waals surface area contributed by atoms with Crippen LogP contribution in [0.15, 0.2) is 43.0 Å². The predicted octanol–water partition coefficient (Wildman–Crippen LogP) is 3.66. The fraction of sp³-hybridized carbons (Fsp3) is 0.600. The molecule has 0 saturated heterocycles. The molecule has 0 fully saturated rings. The van der Waals surface area contributed by atoms with E-state index >= 15 is 0 Å². The standard InChI is InChI=1S/C20H36N2O3Si/c1-5-20(19-12-9-8-10-13-19)22-16-11-17-26(23-6-2,24-7-3)25-18(4)14-15-21/h5,8-10,12-13,18,20,22H,1,6-7,11,14-17,21H2,2-4H3. The quantitative estimate of drug-likeness (QED) is 0.276. The van der Waals surface area contributed by atoms with Crippen molar-refractivity contribution in [3.05, 3.63) is 48.6 Å². The molecule has 2 unspecified atom stereocenters. The lowest BCUT2D eigenvalue weighted by atomic mass is 10.1. The van der Waals surface area contributed by atoms with Gasteiger partial charge in [-0.1, -0.05) is 36.4 Å². The van der Waals surface area contributed by atoms with Crippen molar-refractivity contribution >= 4 is 8.80 Å². The Morgan fingerprint density at radius 2 is 1.85 bits per heavy atom. The second-order valence-corrected chi connectivity index (χ2v) is 8.92. The summed E-state index contributed by atoms with van der Waals surface area (Å²) >= 11 is 0. The van der Waals surface area contributed by atoms with Crippen molar-refractivity contribution in [2.24, 2.45) is 5.73 Å². The molecule has 0 aliphatic rings. The summed E-state index contributed by atoms with van der Waals surface area (Å²) in [5, 5.41) is 3.54. The van der Waals surface area contributed by atoms with E-state index in [0.29, 0.717) is 19.8 Å². The summed E-state index contributed by atoms with van der Waals surface area (Å²) < 4.78 is 18.3. The van der Waals surface area contributed by atoms with Crippen molar-refractivity contribution in [2.45, 2.75) is 51.8 Å². The zero-order valence-corrected chi connectivity index (χ0v) is 17.6. The summed E-state index contributed by atoms with van der Waals surface area (Å²) in [5.41, 5.74) is 6.87. The Kier molecular flexibility index (Phi) is 11.7. The van der Waals surface area contributed by atoms with E-state index in [-0.39, 0.29) is 12.1 Å². The third-order valence-electron chi connectivity index (χ3n) is 4.10. The topological polar surface area (TPSA) is 65.7 Å². The van der Waals surface area contributed by atoms with Gasteiger partial charge in [-0.2, -0.15) is 0 Å². The van der Waals surface area contributed by atoms with Crippen LogP contribution in [0.2, 0.25) is 6.04 Å². The lowest BCUT2D eigenvalue weighted by Crippen LogP contribution is -2.48. The van der Waals surface area contributed by atoms with Crippen LogP contribution >= 0.6 is 0 Å². The summed E-state index contributed by atoms with van der Waals surface area (Å²) in [4.78, 5) is 0. The van der Waals surface area contributed by atoms with E-state index in [0.717, 1.165) is 25.4 Å². The van der Waals surface area contributed by atoms with Gasteiger partial charge in [0, 0.05) is 25.4 Å². The first-order valence-electron chi connectivity index (χ1n) is 9.67. The van der Waals surface area contributed by atoms with Gasteiger partial charge in [0.15, 0.2) is 0 Å². The van der Waals surface area contributed by atoms with Crippen LogP contribution in [0.25, 0.3) is 0 Å². The normalized spacial score (nSPS) is 14.2. The lowest BCUT2D eigenvalue weighted by Gasteiger charge is -2.32. The molecule has 26 heavy (non-hydrogen) atoms. The van der Waals surface area contributed by atoms with Gasteiger partial charge in [0.2, 0.25) is 0 Å². The Balaban J connectivity index is 2.60. The Morgan fingerprint density at radius 3 is 2.38 bits per heavy atom. The molecule has 148 valence electrons. The van der Waals surface area contributed by atoms with Gasteiger partial charge in [0.1, 0.15) is 0 Å². The average Bonchev–Trinajstić information content (AvgIpc) is 2.63. The van der Waals surface area contributed by atoms with Gasteiger partial charge >= 0.3 is 8.80 Å². The fourth-order valence-corrected chi connectivity index (χ4v) is 5.76. The number of rotatable bonds is 15. The highest BCUT2D eigenvalue weighted by molar-refractivity contribution is 6.60. The Labute approximate surface area is 160 Å². The van der Waals surface area contributed by atoms with Crippen molar-refractivity contribution in [2.75, 3.05) is 26.3 Å². The molecule has 1 aromatic carbocycles. The molecular formula is C20H36N2O3Si. The Bertz CT molecular complexity index is 481. The van der Waals surface area contributed by atoms with Gasteiger partial charge in [-0.15, -0.1) is 6.58 Å². The molecule has 0 saturated carbocycles. The Hall–Kier alpha value is -1.02. The minimum absolute atomic E-state index is 0.0444. The van der Waals surface area contributed by atoms with Crippen LogP contribution < -0.4 is 11.1 Å². The van der Waals surface area contributed by atoms with Crippen molar-refractivity contribution in [1.29, 1.82) is 0 Å². The van der Waals surface area contributed by atoms with Gasteiger partial charge in [-0.3, -0.25) is 0 Å². The monoisotopic (exact) mass is 380 g/mol. The zero-order chi connectivity index (χ0) is 19.3. The van der Waals surface area contributed by atoms with Gasteiger partial charge < -0.3 is 24.3 Å². The van der Waals surface area contributed by atoms with Crippen molar-refractivity contribution in [3.63, 3.8) is 0 Å². The third kappa shape index (κ3) is 8.12. The highest BCUT2D eigenvalue weighted by Crippen LogP contribution is 2.21. The second kappa shape index (κ2) is 13.2. The summed E-state index contributed by atoms with van der Waals surface area (Å²) in [5.74, 6) is 0. The van der Waals surface area contributed by atoms with E-state index < -0.39 is 8.80 Å². The van der Waals surface area contributed by atoms with E-state index in [2.05, 4.69) is 24.0 Å². The fourth-order valence-electron chi connectivity index (χ4n) is 2.91. The van der Waals surface area contributed by atoms with Gasteiger partial charge in [0.25, 0.3) is 0 Å². The summed E-state index contributed by atoms with van der Waals surface area (Å²) in [6.07, 6.45) is 3.70. The van der Waals surface area contributed by atoms with Gasteiger partial charge in [-0.25, -0.2) is 0 Å². The maximum atomic E-state index is 6.24. The van der Waals surface area contributed by atoms with E-state index in [1.165, 1.54) is 5.56 Å². The molecule has 6 heteroatoms. The molecule has 0 aliphatic carbocycles. The summed E-state index contributed by atoms with van der Waals surface area (Å²) in [6, 6.07) is 11.3. The molecule has 0 radical (unpaired) electrons. The van der Waals surface area contributed by atoms with Crippen LogP contribution in [-0.2, 0) is 13.3 Å². The first-order chi connectivity index (χ1) is 12.6. The van der Waals surface area contributed by atoms with Crippen LogP contribution in [0, 0.1) is 0 Å².